The average Bonchev–Trinajstić information content (AvgIpc) is 3.39. The standard InChI is InChI=1S/C33H34N4O6S3/c1-32(2,3)15-16-33(34-18-20-19-44-26-12-8-6-9-22(20)26)24-11-7-5-10-23(24)29(38)28(30(33)39)31-35-25-14-13-21(36-45(4,40)41)17-27(25)46(42,43)37-31/h5-14,17,19,34,36,38H,15-16,18H2,1-4H3,(H,35,37). The number of sulfonamides is 2. The van der Waals surface area contributed by atoms with Gasteiger partial charge in [0.25, 0.3) is 10.0 Å². The molecule has 0 saturated heterocycles. The lowest BCUT2D eigenvalue weighted by Crippen LogP contribution is -2.53. The van der Waals surface area contributed by atoms with E-state index >= 15 is 0 Å². The molecule has 1 atom stereocenters. The van der Waals surface area contributed by atoms with Crippen LogP contribution in [0.1, 0.15) is 50.3 Å². The SMILES string of the molecule is CC(C)(C)CCC1(NCc2csc3ccccc23)C(=O)C(C2=NS(=O)(=O)c3cc(NS(C)(=O)=O)ccc3N2)=C(O)c2ccccc21. The maximum Gasteiger partial charge on any atom is 0.286 e. The second kappa shape index (κ2) is 11.3. The molecule has 240 valence electrons. The topological polar surface area (TPSA) is 154 Å². The zero-order chi connectivity index (χ0) is 33.1. The number of ketones is 1. The maximum atomic E-state index is 14.9. The van der Waals surface area contributed by atoms with Gasteiger partial charge in [0.15, 0.2) is 11.6 Å². The van der Waals surface area contributed by atoms with E-state index in [1.54, 1.807) is 23.5 Å². The number of carbonyl (C=O) groups is 1. The van der Waals surface area contributed by atoms with Crippen molar-refractivity contribution in [2.45, 2.75) is 50.6 Å². The number of amidine groups is 1. The maximum absolute atomic E-state index is 14.9. The van der Waals surface area contributed by atoms with E-state index in [1.807, 2.05) is 36.4 Å². The van der Waals surface area contributed by atoms with E-state index in [-0.39, 0.29) is 38.9 Å². The Morgan fingerprint density at radius 1 is 1.04 bits per heavy atom. The molecule has 2 aliphatic rings. The number of nitrogens with zero attached hydrogens (tertiary/aromatic N) is 1. The van der Waals surface area contributed by atoms with Crippen molar-refractivity contribution in [2.24, 2.45) is 9.81 Å². The lowest BCUT2D eigenvalue weighted by atomic mass is 9.69. The third-order valence-electron chi connectivity index (χ3n) is 8.15. The summed E-state index contributed by atoms with van der Waals surface area (Å²) in [6.07, 6.45) is 1.95. The van der Waals surface area contributed by atoms with Crippen LogP contribution in [-0.2, 0) is 36.9 Å². The minimum Gasteiger partial charge on any atom is -0.506 e. The van der Waals surface area contributed by atoms with E-state index in [1.165, 1.54) is 12.1 Å². The number of rotatable bonds is 8. The lowest BCUT2D eigenvalue weighted by molar-refractivity contribution is -0.122. The minimum atomic E-state index is -4.41. The molecule has 2 heterocycles. The van der Waals surface area contributed by atoms with Crippen molar-refractivity contribution in [3.8, 4) is 0 Å². The lowest BCUT2D eigenvalue weighted by Gasteiger charge is -2.41. The number of benzene rings is 3. The Morgan fingerprint density at radius 3 is 2.50 bits per heavy atom. The third-order valence-corrected chi connectivity index (χ3v) is 11.1. The summed E-state index contributed by atoms with van der Waals surface area (Å²) in [5.74, 6) is -1.20. The van der Waals surface area contributed by atoms with Crippen LogP contribution >= 0.6 is 11.3 Å². The van der Waals surface area contributed by atoms with Gasteiger partial charge in [-0.25, -0.2) is 8.42 Å². The quantitative estimate of drug-likeness (QED) is 0.173. The number of nitrogens with one attached hydrogen (secondary N) is 3. The number of fused-ring (bicyclic) bond motifs is 3. The molecule has 10 nitrogen and oxygen atoms in total. The van der Waals surface area contributed by atoms with Gasteiger partial charge in [0, 0.05) is 22.5 Å². The number of carbonyl (C=O) groups excluding carboxylic acids is 1. The molecule has 46 heavy (non-hydrogen) atoms. The Labute approximate surface area is 272 Å². The van der Waals surface area contributed by atoms with Crippen molar-refractivity contribution < 1.29 is 26.7 Å². The molecule has 0 radical (unpaired) electrons. The first-order valence-corrected chi connectivity index (χ1v) is 18.8. The van der Waals surface area contributed by atoms with E-state index in [2.05, 4.69) is 45.9 Å². The molecule has 0 fully saturated rings. The van der Waals surface area contributed by atoms with Crippen molar-refractivity contribution in [3.63, 3.8) is 0 Å². The molecule has 1 aliphatic carbocycles. The highest BCUT2D eigenvalue weighted by Crippen LogP contribution is 2.45. The molecule has 4 N–H and O–H groups in total. The zero-order valence-electron chi connectivity index (χ0n) is 25.7. The molecule has 1 aliphatic heterocycles. The molecule has 3 aromatic carbocycles. The number of hydrogen-bond acceptors (Lipinski definition) is 9. The summed E-state index contributed by atoms with van der Waals surface area (Å²) in [5.41, 5.74) is 0.424. The molecule has 0 amide bonds. The molecule has 0 bridgehead atoms. The fourth-order valence-corrected chi connectivity index (χ4v) is 8.56. The Balaban J connectivity index is 1.47. The highest BCUT2D eigenvalue weighted by Gasteiger charge is 2.50. The molecule has 0 saturated carbocycles. The smallest absolute Gasteiger partial charge is 0.286 e. The van der Waals surface area contributed by atoms with Crippen LogP contribution < -0.4 is 15.4 Å². The molecule has 1 unspecified atom stereocenters. The van der Waals surface area contributed by atoms with Crippen LogP contribution in [0, 0.1) is 5.41 Å². The highest BCUT2D eigenvalue weighted by molar-refractivity contribution is 7.92. The second-order valence-corrected chi connectivity index (χ2v) is 17.0. The first-order valence-electron chi connectivity index (χ1n) is 14.6. The van der Waals surface area contributed by atoms with E-state index in [0.29, 0.717) is 30.5 Å². The van der Waals surface area contributed by atoms with Crippen molar-refractivity contribution in [1.29, 1.82) is 0 Å². The predicted molar refractivity (Wildman–Crippen MR) is 183 cm³/mol. The fraction of sp³-hybridized carbons (Fsp3) is 0.273. The van der Waals surface area contributed by atoms with E-state index < -0.39 is 31.4 Å². The van der Waals surface area contributed by atoms with Crippen molar-refractivity contribution >= 4 is 70.2 Å². The summed E-state index contributed by atoms with van der Waals surface area (Å²) in [5, 5.41) is 21.3. The normalized spacial score (nSPS) is 19.3. The van der Waals surface area contributed by atoms with Crippen molar-refractivity contribution in [2.75, 3.05) is 16.3 Å². The third kappa shape index (κ3) is 5.95. The Hall–Kier alpha value is -4.04. The highest BCUT2D eigenvalue weighted by atomic mass is 32.2. The summed E-state index contributed by atoms with van der Waals surface area (Å²) < 4.78 is 57.8. The van der Waals surface area contributed by atoms with Gasteiger partial charge in [-0.3, -0.25) is 14.8 Å². The first kappa shape index (κ1) is 31.9. The molecule has 1 aromatic heterocycles. The first-order chi connectivity index (χ1) is 21.6. The van der Waals surface area contributed by atoms with Gasteiger partial charge in [0.2, 0.25) is 10.0 Å². The van der Waals surface area contributed by atoms with E-state index in [0.717, 1.165) is 28.0 Å². The predicted octanol–water partition coefficient (Wildman–Crippen LogP) is 6.15. The van der Waals surface area contributed by atoms with Gasteiger partial charge in [0.1, 0.15) is 21.8 Å². The number of anilines is 2. The summed E-state index contributed by atoms with van der Waals surface area (Å²) >= 11 is 1.62. The summed E-state index contributed by atoms with van der Waals surface area (Å²) in [7, 11) is -8.08. The number of aliphatic hydroxyl groups excluding tert-OH is 1. The Morgan fingerprint density at radius 2 is 1.76 bits per heavy atom. The van der Waals surface area contributed by atoms with Gasteiger partial charge >= 0.3 is 0 Å². The zero-order valence-corrected chi connectivity index (χ0v) is 28.2. The minimum absolute atomic E-state index is 0.0429. The van der Waals surface area contributed by atoms with E-state index in [4.69, 9.17) is 0 Å². The van der Waals surface area contributed by atoms with Crippen molar-refractivity contribution in [3.05, 3.63) is 94.4 Å². The number of hydrogen-bond donors (Lipinski definition) is 4. The average molecular weight is 679 g/mol. The van der Waals surface area contributed by atoms with Crippen LogP contribution in [0.4, 0.5) is 11.4 Å². The van der Waals surface area contributed by atoms with Crippen LogP contribution in [0.3, 0.4) is 0 Å². The summed E-state index contributed by atoms with van der Waals surface area (Å²) in [6.45, 7) is 6.61. The molecular formula is C33H34N4O6S3. The van der Waals surface area contributed by atoms with Crippen LogP contribution in [0.2, 0.25) is 0 Å². The summed E-state index contributed by atoms with van der Waals surface area (Å²) in [6, 6.07) is 19.1. The van der Waals surface area contributed by atoms with Crippen LogP contribution in [0.25, 0.3) is 15.8 Å². The van der Waals surface area contributed by atoms with Gasteiger partial charge in [0.05, 0.1) is 11.9 Å². The molecule has 4 aromatic rings. The van der Waals surface area contributed by atoms with Gasteiger partial charge < -0.3 is 10.4 Å². The van der Waals surface area contributed by atoms with Crippen LogP contribution in [0.5, 0.6) is 0 Å². The molecular weight excluding hydrogens is 645 g/mol. The molecule has 13 heteroatoms. The largest absolute Gasteiger partial charge is 0.506 e. The monoisotopic (exact) mass is 678 g/mol. The van der Waals surface area contributed by atoms with Gasteiger partial charge in [-0.1, -0.05) is 63.2 Å². The van der Waals surface area contributed by atoms with Crippen LogP contribution in [-0.4, -0.2) is 39.8 Å². The van der Waals surface area contributed by atoms with Gasteiger partial charge in [-0.2, -0.15) is 8.42 Å². The van der Waals surface area contributed by atoms with Gasteiger partial charge in [-0.15, -0.1) is 15.7 Å². The van der Waals surface area contributed by atoms with Crippen molar-refractivity contribution in [1.82, 2.24) is 5.32 Å². The number of aliphatic hydroxyl groups is 1. The Kier molecular flexibility index (Phi) is 7.87. The fourth-order valence-electron chi connectivity index (χ4n) is 5.89. The van der Waals surface area contributed by atoms with E-state index in [9.17, 15) is 26.7 Å². The van der Waals surface area contributed by atoms with Gasteiger partial charge in [-0.05, 0) is 64.4 Å². The molecule has 0 spiro atoms. The number of thiophene rings is 1. The Bertz CT molecular complexity index is 2180. The number of Topliss-reactive ketones (excluding diaryl/α,β-unsaturated/α-hetero) is 1. The molecule has 6 rings (SSSR count). The van der Waals surface area contributed by atoms with Crippen LogP contribution in [0.15, 0.2) is 87.0 Å². The second-order valence-electron chi connectivity index (χ2n) is 12.8. The summed E-state index contributed by atoms with van der Waals surface area (Å²) in [4.78, 5) is 14.7.